The molecule has 0 fully saturated rings. The molecule has 2 aromatic rings. The lowest BCUT2D eigenvalue weighted by Crippen LogP contribution is -2.49. The summed E-state index contributed by atoms with van der Waals surface area (Å²) in [6.07, 6.45) is 1.12. The number of rotatable bonds is 12. The number of nitrogens with one attached hydrogen (secondary N) is 3. The fraction of sp³-hybridized carbons (Fsp3) is 0.407. The van der Waals surface area contributed by atoms with Crippen LogP contribution in [0.1, 0.15) is 60.4 Å². The topological polar surface area (TPSA) is 104 Å². The van der Waals surface area contributed by atoms with E-state index in [2.05, 4.69) is 29.8 Å². The van der Waals surface area contributed by atoms with Gasteiger partial charge in [0, 0.05) is 36.6 Å². The third-order valence-electron chi connectivity index (χ3n) is 5.45. The molecule has 7 nitrogen and oxygen atoms in total. The fourth-order valence-electron chi connectivity index (χ4n) is 3.64. The van der Waals surface area contributed by atoms with Crippen molar-refractivity contribution in [3.63, 3.8) is 0 Å². The first-order valence-electron chi connectivity index (χ1n) is 11.7. The smallest absolute Gasteiger partial charge is 0.251 e. The second kappa shape index (κ2) is 13.3. The number of carbonyl (C=O) groups excluding carboxylic acids is 4. The van der Waals surface area contributed by atoms with Crippen LogP contribution < -0.4 is 16.0 Å². The van der Waals surface area contributed by atoms with Crippen LogP contribution in [0.2, 0.25) is 0 Å². The van der Waals surface area contributed by atoms with Crippen molar-refractivity contribution in [2.75, 3.05) is 13.1 Å². The van der Waals surface area contributed by atoms with Gasteiger partial charge in [0.15, 0.2) is 5.78 Å². The molecular weight excluding hydrogens is 430 g/mol. The zero-order valence-electron chi connectivity index (χ0n) is 20.4. The Bertz CT molecular complexity index is 971. The van der Waals surface area contributed by atoms with Crippen molar-refractivity contribution in [3.05, 3.63) is 71.3 Å². The molecule has 0 aromatic heterocycles. The van der Waals surface area contributed by atoms with E-state index in [-0.39, 0.29) is 30.1 Å². The zero-order valence-corrected chi connectivity index (χ0v) is 20.4. The van der Waals surface area contributed by atoms with E-state index < -0.39 is 11.9 Å². The zero-order chi connectivity index (χ0) is 25.1. The minimum absolute atomic E-state index is 0.0360. The van der Waals surface area contributed by atoms with Gasteiger partial charge in [-0.15, -0.1) is 0 Å². The highest BCUT2D eigenvalue weighted by Crippen LogP contribution is 2.11. The van der Waals surface area contributed by atoms with Gasteiger partial charge < -0.3 is 16.0 Å². The maximum Gasteiger partial charge on any atom is 0.251 e. The standard InChI is InChI=1S/C27H35N3O4/c1-18(2)16-19(3)25(32)28-14-15-29-27(34)24(17-21-8-6-5-7-9-21)30-26(33)23-12-10-22(11-13-23)20(4)31/h5-13,18-19,24H,14-17H2,1-4H3,(H,28,32)(H,29,34)(H,30,33)/t19-,24-/m0/s1. The maximum atomic E-state index is 12.9. The number of Topliss-reactive ketones (excluding diaryl/α,β-unsaturated/α-hetero) is 1. The molecule has 182 valence electrons. The molecule has 2 aromatic carbocycles. The van der Waals surface area contributed by atoms with E-state index in [0.29, 0.717) is 30.0 Å². The lowest BCUT2D eigenvalue weighted by molar-refractivity contribution is -0.126. The molecule has 0 bridgehead atoms. The summed E-state index contributed by atoms with van der Waals surface area (Å²) in [6, 6.07) is 14.9. The van der Waals surface area contributed by atoms with Crippen LogP contribution in [0.5, 0.6) is 0 Å². The predicted octanol–water partition coefficient (Wildman–Crippen LogP) is 3.14. The van der Waals surface area contributed by atoms with Gasteiger partial charge in [0.05, 0.1) is 0 Å². The largest absolute Gasteiger partial charge is 0.354 e. The molecule has 3 N–H and O–H groups in total. The first-order chi connectivity index (χ1) is 16.2. The SMILES string of the molecule is CC(=O)c1ccc(C(=O)N[C@@H](Cc2ccccc2)C(=O)NCCNC(=O)[C@@H](C)CC(C)C)cc1. The molecule has 34 heavy (non-hydrogen) atoms. The molecule has 0 saturated heterocycles. The van der Waals surface area contributed by atoms with Crippen LogP contribution in [-0.4, -0.2) is 42.6 Å². The van der Waals surface area contributed by atoms with Crippen LogP contribution in [0.3, 0.4) is 0 Å². The highest BCUT2D eigenvalue weighted by atomic mass is 16.2. The Kier molecular flexibility index (Phi) is 10.5. The Morgan fingerprint density at radius 3 is 1.88 bits per heavy atom. The summed E-state index contributed by atoms with van der Waals surface area (Å²) in [6.45, 7) is 8.07. The normalized spacial score (nSPS) is 12.5. The van der Waals surface area contributed by atoms with Crippen molar-refractivity contribution in [3.8, 4) is 0 Å². The maximum absolute atomic E-state index is 12.9. The lowest BCUT2D eigenvalue weighted by Gasteiger charge is -2.19. The molecule has 0 radical (unpaired) electrons. The summed E-state index contributed by atoms with van der Waals surface area (Å²) < 4.78 is 0. The van der Waals surface area contributed by atoms with E-state index in [1.54, 1.807) is 24.3 Å². The molecule has 0 heterocycles. The van der Waals surface area contributed by atoms with Crippen molar-refractivity contribution >= 4 is 23.5 Å². The molecule has 0 aliphatic heterocycles. The second-order valence-corrected chi connectivity index (χ2v) is 8.96. The number of amides is 3. The third-order valence-corrected chi connectivity index (χ3v) is 5.45. The number of carbonyl (C=O) groups is 4. The van der Waals surface area contributed by atoms with Crippen LogP contribution in [0.15, 0.2) is 54.6 Å². The third kappa shape index (κ3) is 8.81. The average molecular weight is 466 g/mol. The van der Waals surface area contributed by atoms with Crippen LogP contribution >= 0.6 is 0 Å². The summed E-state index contributed by atoms with van der Waals surface area (Å²) in [5.74, 6) is -0.509. The minimum Gasteiger partial charge on any atom is -0.354 e. The number of benzene rings is 2. The van der Waals surface area contributed by atoms with Crippen molar-refractivity contribution < 1.29 is 19.2 Å². The Hall–Kier alpha value is -3.48. The van der Waals surface area contributed by atoms with Gasteiger partial charge in [-0.05, 0) is 37.0 Å². The summed E-state index contributed by atoms with van der Waals surface area (Å²) in [5.41, 5.74) is 1.79. The van der Waals surface area contributed by atoms with E-state index in [9.17, 15) is 19.2 Å². The van der Waals surface area contributed by atoms with Gasteiger partial charge >= 0.3 is 0 Å². The molecule has 0 saturated carbocycles. The highest BCUT2D eigenvalue weighted by molar-refractivity contribution is 5.99. The van der Waals surface area contributed by atoms with Crippen molar-refractivity contribution in [1.82, 2.24) is 16.0 Å². The van der Waals surface area contributed by atoms with Crippen LogP contribution in [0.25, 0.3) is 0 Å². The van der Waals surface area contributed by atoms with Gasteiger partial charge in [0.2, 0.25) is 11.8 Å². The van der Waals surface area contributed by atoms with Crippen LogP contribution in [0, 0.1) is 11.8 Å². The molecule has 0 aliphatic rings. The second-order valence-electron chi connectivity index (χ2n) is 8.96. The molecule has 2 atom stereocenters. The van der Waals surface area contributed by atoms with Gasteiger partial charge in [-0.3, -0.25) is 19.2 Å². The summed E-state index contributed by atoms with van der Waals surface area (Å²) in [7, 11) is 0. The highest BCUT2D eigenvalue weighted by Gasteiger charge is 2.22. The van der Waals surface area contributed by atoms with Gasteiger partial charge in [0.1, 0.15) is 6.04 Å². The molecule has 7 heteroatoms. The van der Waals surface area contributed by atoms with E-state index >= 15 is 0 Å². The molecule has 2 rings (SSSR count). The van der Waals surface area contributed by atoms with Crippen molar-refractivity contribution in [2.24, 2.45) is 11.8 Å². The lowest BCUT2D eigenvalue weighted by atomic mass is 9.98. The predicted molar refractivity (Wildman–Crippen MR) is 132 cm³/mol. The Morgan fingerprint density at radius 2 is 1.32 bits per heavy atom. The number of hydrogen-bond acceptors (Lipinski definition) is 4. The van der Waals surface area contributed by atoms with Gasteiger partial charge in [-0.2, -0.15) is 0 Å². The molecule has 0 unspecified atom stereocenters. The van der Waals surface area contributed by atoms with E-state index in [1.807, 2.05) is 37.3 Å². The van der Waals surface area contributed by atoms with Crippen LogP contribution in [-0.2, 0) is 16.0 Å². The first kappa shape index (κ1) is 26.8. The number of hydrogen-bond donors (Lipinski definition) is 3. The summed E-state index contributed by atoms with van der Waals surface area (Å²) in [5, 5.41) is 8.45. The average Bonchev–Trinajstić information content (AvgIpc) is 2.81. The van der Waals surface area contributed by atoms with Gasteiger partial charge in [-0.25, -0.2) is 0 Å². The molecule has 0 aliphatic carbocycles. The summed E-state index contributed by atoms with van der Waals surface area (Å²) in [4.78, 5) is 49.3. The van der Waals surface area contributed by atoms with Crippen LogP contribution in [0.4, 0.5) is 0 Å². The Morgan fingerprint density at radius 1 is 0.765 bits per heavy atom. The van der Waals surface area contributed by atoms with Gasteiger partial charge in [-0.1, -0.05) is 63.2 Å². The van der Waals surface area contributed by atoms with E-state index in [4.69, 9.17) is 0 Å². The minimum atomic E-state index is -0.794. The Balaban J connectivity index is 1.98. The number of ketones is 1. The van der Waals surface area contributed by atoms with E-state index in [1.165, 1.54) is 6.92 Å². The quantitative estimate of drug-likeness (QED) is 0.331. The molecule has 3 amide bonds. The summed E-state index contributed by atoms with van der Waals surface area (Å²) >= 11 is 0. The molecular formula is C27H35N3O4. The van der Waals surface area contributed by atoms with Crippen molar-refractivity contribution in [2.45, 2.75) is 46.6 Å². The van der Waals surface area contributed by atoms with Gasteiger partial charge in [0.25, 0.3) is 5.91 Å². The van der Waals surface area contributed by atoms with Crippen molar-refractivity contribution in [1.29, 1.82) is 0 Å². The monoisotopic (exact) mass is 465 g/mol. The first-order valence-corrected chi connectivity index (χ1v) is 11.7. The molecule has 0 spiro atoms. The fourth-order valence-corrected chi connectivity index (χ4v) is 3.64. The van der Waals surface area contributed by atoms with E-state index in [0.717, 1.165) is 12.0 Å². The Labute approximate surface area is 201 Å².